The van der Waals surface area contributed by atoms with Crippen molar-refractivity contribution < 1.29 is 28.6 Å². The standard InChI is InChI=1S/C44H79NO6/c1-5-7-9-11-21-27-33-49-42(46)31-25-19-15-13-17-23-29-41(51-44(48)37-39-35-40(36-39)38-45(3)4)30-24-18-14-16-20-26-32-43(47)50-34-28-22-12-10-8-6-2/h21-22,27-28,39-41H,5-20,23-26,29-38H2,1-4H3/b27-21-,28-22-. The molecule has 0 heterocycles. The highest BCUT2D eigenvalue weighted by atomic mass is 16.5. The summed E-state index contributed by atoms with van der Waals surface area (Å²) in [5.41, 5.74) is 0. The van der Waals surface area contributed by atoms with Gasteiger partial charge in [-0.3, -0.25) is 14.4 Å². The lowest BCUT2D eigenvalue weighted by molar-refractivity contribution is -0.152. The molecule has 7 heteroatoms. The molecule has 0 bridgehead atoms. The molecule has 0 unspecified atom stereocenters. The normalized spacial score (nSPS) is 16.0. The minimum atomic E-state index is -0.0929. The van der Waals surface area contributed by atoms with Crippen LogP contribution < -0.4 is 0 Å². The summed E-state index contributed by atoms with van der Waals surface area (Å²) in [6.45, 7) is 6.29. The van der Waals surface area contributed by atoms with Crippen LogP contribution in [0.1, 0.15) is 187 Å². The Bertz CT molecular complexity index is 857. The van der Waals surface area contributed by atoms with E-state index in [9.17, 15) is 14.4 Å². The van der Waals surface area contributed by atoms with E-state index in [0.29, 0.717) is 38.4 Å². The number of hydrogen-bond donors (Lipinski definition) is 0. The summed E-state index contributed by atoms with van der Waals surface area (Å²) in [7, 11) is 4.23. The van der Waals surface area contributed by atoms with Crippen LogP contribution in [0, 0.1) is 11.8 Å². The third-order valence-electron chi connectivity index (χ3n) is 9.99. The molecule has 1 fully saturated rings. The second-order valence-corrected chi connectivity index (χ2v) is 15.4. The van der Waals surface area contributed by atoms with Crippen molar-refractivity contribution in [1.82, 2.24) is 4.90 Å². The van der Waals surface area contributed by atoms with Gasteiger partial charge in [0.1, 0.15) is 19.3 Å². The molecule has 296 valence electrons. The van der Waals surface area contributed by atoms with E-state index in [2.05, 4.69) is 45.0 Å². The molecule has 0 amide bonds. The molecule has 0 aliphatic heterocycles. The maximum absolute atomic E-state index is 12.9. The highest BCUT2D eigenvalue weighted by Crippen LogP contribution is 2.36. The Morgan fingerprint density at radius 2 is 1.02 bits per heavy atom. The molecule has 0 aromatic rings. The van der Waals surface area contributed by atoms with Gasteiger partial charge in [-0.1, -0.05) is 115 Å². The van der Waals surface area contributed by atoms with E-state index >= 15 is 0 Å². The molecular weight excluding hydrogens is 638 g/mol. The lowest BCUT2D eigenvalue weighted by Crippen LogP contribution is -2.34. The van der Waals surface area contributed by atoms with Crippen molar-refractivity contribution in [1.29, 1.82) is 0 Å². The third kappa shape index (κ3) is 30.1. The number of rotatable bonds is 35. The third-order valence-corrected chi connectivity index (χ3v) is 9.99. The summed E-state index contributed by atoms with van der Waals surface area (Å²) in [6, 6.07) is 0. The predicted molar refractivity (Wildman–Crippen MR) is 212 cm³/mol. The molecule has 0 spiro atoms. The second kappa shape index (κ2) is 33.7. The van der Waals surface area contributed by atoms with Crippen LogP contribution in [-0.2, 0) is 28.6 Å². The van der Waals surface area contributed by atoms with E-state index in [1.54, 1.807) is 0 Å². The first kappa shape index (κ1) is 46.9. The van der Waals surface area contributed by atoms with Gasteiger partial charge in [0.05, 0.1) is 0 Å². The van der Waals surface area contributed by atoms with Crippen LogP contribution in [0.25, 0.3) is 0 Å². The van der Waals surface area contributed by atoms with Crippen LogP contribution in [0.15, 0.2) is 24.3 Å². The van der Waals surface area contributed by atoms with Crippen molar-refractivity contribution in [3.63, 3.8) is 0 Å². The predicted octanol–water partition coefficient (Wildman–Crippen LogP) is 11.5. The van der Waals surface area contributed by atoms with Gasteiger partial charge >= 0.3 is 17.9 Å². The first-order valence-corrected chi connectivity index (χ1v) is 21.3. The zero-order chi connectivity index (χ0) is 37.2. The SMILES string of the molecule is CCCCC/C=C\COC(=O)CCCCCCCCC(CCCCCCCCC(=O)OC/C=C\CCCCC)OC(=O)CC1CC(CN(C)C)C1. The molecule has 51 heavy (non-hydrogen) atoms. The molecule has 0 aromatic carbocycles. The van der Waals surface area contributed by atoms with Crippen molar-refractivity contribution in [3.8, 4) is 0 Å². The maximum atomic E-state index is 12.9. The van der Waals surface area contributed by atoms with Crippen LogP contribution in [-0.4, -0.2) is 62.8 Å². The Balaban J connectivity index is 2.22. The van der Waals surface area contributed by atoms with Gasteiger partial charge < -0.3 is 19.1 Å². The molecule has 0 atom stereocenters. The number of esters is 3. The maximum Gasteiger partial charge on any atom is 0.306 e. The van der Waals surface area contributed by atoms with Gasteiger partial charge in [0.15, 0.2) is 0 Å². The Morgan fingerprint density at radius 3 is 1.47 bits per heavy atom. The Morgan fingerprint density at radius 1 is 0.569 bits per heavy atom. The van der Waals surface area contributed by atoms with Gasteiger partial charge in [-0.2, -0.15) is 0 Å². The number of carbonyl (C=O) groups is 3. The summed E-state index contributed by atoms with van der Waals surface area (Å²) in [4.78, 5) is 39.1. The first-order valence-electron chi connectivity index (χ1n) is 21.3. The van der Waals surface area contributed by atoms with Gasteiger partial charge in [0.2, 0.25) is 0 Å². The number of carbonyl (C=O) groups excluding carboxylic acids is 3. The van der Waals surface area contributed by atoms with E-state index in [-0.39, 0.29) is 24.0 Å². The van der Waals surface area contributed by atoms with Gasteiger partial charge in [0, 0.05) is 25.8 Å². The zero-order valence-corrected chi connectivity index (χ0v) is 33.7. The van der Waals surface area contributed by atoms with Crippen LogP contribution in [0.2, 0.25) is 0 Å². The molecule has 1 rings (SSSR count). The fourth-order valence-electron chi connectivity index (χ4n) is 6.96. The van der Waals surface area contributed by atoms with Crippen molar-refractivity contribution in [2.24, 2.45) is 11.8 Å². The molecule has 0 aromatic heterocycles. The molecule has 0 saturated heterocycles. The molecular formula is C44H79NO6. The van der Waals surface area contributed by atoms with Crippen LogP contribution in [0.4, 0.5) is 0 Å². The average molecular weight is 718 g/mol. The zero-order valence-electron chi connectivity index (χ0n) is 33.7. The van der Waals surface area contributed by atoms with Gasteiger partial charge in [0.25, 0.3) is 0 Å². The highest BCUT2D eigenvalue weighted by molar-refractivity contribution is 5.70. The summed E-state index contributed by atoms with van der Waals surface area (Å²) in [5.74, 6) is 1.01. The first-order chi connectivity index (χ1) is 24.8. The number of allylic oxidation sites excluding steroid dienone is 2. The summed E-state index contributed by atoms with van der Waals surface area (Å²) < 4.78 is 16.7. The fraction of sp³-hybridized carbons (Fsp3) is 0.841. The van der Waals surface area contributed by atoms with Crippen LogP contribution in [0.5, 0.6) is 0 Å². The van der Waals surface area contributed by atoms with E-state index in [4.69, 9.17) is 14.2 Å². The Kier molecular flexibility index (Phi) is 30.9. The highest BCUT2D eigenvalue weighted by Gasteiger charge is 2.31. The van der Waals surface area contributed by atoms with Crippen molar-refractivity contribution >= 4 is 17.9 Å². The average Bonchev–Trinajstić information content (AvgIpc) is 3.08. The van der Waals surface area contributed by atoms with Crippen molar-refractivity contribution in [2.45, 2.75) is 193 Å². The second-order valence-electron chi connectivity index (χ2n) is 15.4. The molecule has 7 nitrogen and oxygen atoms in total. The van der Waals surface area contributed by atoms with Gasteiger partial charge in [-0.15, -0.1) is 0 Å². The molecule has 0 N–H and O–H groups in total. The molecule has 1 saturated carbocycles. The minimum Gasteiger partial charge on any atom is -0.462 e. The topological polar surface area (TPSA) is 82.1 Å². The fourth-order valence-corrected chi connectivity index (χ4v) is 6.96. The monoisotopic (exact) mass is 718 g/mol. The lowest BCUT2D eigenvalue weighted by atomic mass is 9.73. The number of hydrogen-bond acceptors (Lipinski definition) is 7. The Labute approximate surface area is 314 Å². The molecule has 1 aliphatic rings. The van der Waals surface area contributed by atoms with Crippen molar-refractivity contribution in [3.05, 3.63) is 24.3 Å². The van der Waals surface area contributed by atoms with Gasteiger partial charge in [-0.05, 0) is 103 Å². The van der Waals surface area contributed by atoms with E-state index < -0.39 is 0 Å². The smallest absolute Gasteiger partial charge is 0.306 e. The summed E-state index contributed by atoms with van der Waals surface area (Å²) in [5, 5.41) is 0. The number of ether oxygens (including phenoxy) is 3. The van der Waals surface area contributed by atoms with E-state index in [1.165, 1.54) is 38.5 Å². The van der Waals surface area contributed by atoms with E-state index in [1.807, 2.05) is 12.2 Å². The number of nitrogens with zero attached hydrogens (tertiary/aromatic N) is 1. The molecule has 1 aliphatic carbocycles. The van der Waals surface area contributed by atoms with Crippen molar-refractivity contribution in [2.75, 3.05) is 33.9 Å². The summed E-state index contributed by atoms with van der Waals surface area (Å²) in [6.07, 6.45) is 36.2. The van der Waals surface area contributed by atoms with Gasteiger partial charge in [-0.25, -0.2) is 0 Å². The molecule has 0 radical (unpaired) electrons. The largest absolute Gasteiger partial charge is 0.462 e. The Hall–Kier alpha value is -2.15. The van der Waals surface area contributed by atoms with Crippen LogP contribution in [0.3, 0.4) is 0 Å². The van der Waals surface area contributed by atoms with Crippen LogP contribution >= 0.6 is 0 Å². The summed E-state index contributed by atoms with van der Waals surface area (Å²) >= 11 is 0. The lowest BCUT2D eigenvalue weighted by Gasteiger charge is -2.36. The minimum absolute atomic E-state index is 0.00829. The quantitative estimate of drug-likeness (QED) is 0.0279. The van der Waals surface area contributed by atoms with E-state index in [0.717, 1.165) is 128 Å². The number of unbranched alkanes of at least 4 members (excludes halogenated alkanes) is 16.